The second-order valence-corrected chi connectivity index (χ2v) is 5.36. The van der Waals surface area contributed by atoms with Crippen LogP contribution in [0.25, 0.3) is 0 Å². The van der Waals surface area contributed by atoms with Gasteiger partial charge in [-0.2, -0.15) is 0 Å². The summed E-state index contributed by atoms with van der Waals surface area (Å²) < 4.78 is 22.3. The van der Waals surface area contributed by atoms with Gasteiger partial charge in [-0.1, -0.05) is 0 Å². The first kappa shape index (κ1) is 9.51. The lowest BCUT2D eigenvalue weighted by Gasteiger charge is -2.23. The average Bonchev–Trinajstić information content (AvgIpc) is 2.16. The molecule has 76 valence electrons. The molecular weight excluding hydrogens is 202 g/mol. The minimum atomic E-state index is -3.30. The van der Waals surface area contributed by atoms with Crippen LogP contribution < -0.4 is 0 Å². The Bertz CT molecular complexity index is 422. The lowest BCUT2D eigenvalue weighted by atomic mass is 9.99. The summed E-state index contributed by atoms with van der Waals surface area (Å²) in [7, 11) is -3.30. The van der Waals surface area contributed by atoms with Gasteiger partial charge < -0.3 is 0 Å². The Balaban J connectivity index is 2.33. The third kappa shape index (κ3) is 1.75. The molecule has 2 aliphatic heterocycles. The van der Waals surface area contributed by atoms with Crippen LogP contribution in [0.1, 0.15) is 12.8 Å². The van der Waals surface area contributed by atoms with Gasteiger partial charge in [0.1, 0.15) is 6.17 Å². The van der Waals surface area contributed by atoms with Crippen molar-refractivity contribution in [3.63, 3.8) is 0 Å². The van der Waals surface area contributed by atoms with Gasteiger partial charge in [0.15, 0.2) is 0 Å². The lowest BCUT2D eigenvalue weighted by molar-refractivity contribution is 0.508. The molecule has 0 saturated heterocycles. The highest BCUT2D eigenvalue weighted by molar-refractivity contribution is 8.05. The summed E-state index contributed by atoms with van der Waals surface area (Å²) >= 11 is 0. The molecule has 2 atom stereocenters. The lowest BCUT2D eigenvalue weighted by Crippen LogP contribution is -2.29. The second-order valence-electron chi connectivity index (χ2n) is 3.45. The van der Waals surface area contributed by atoms with Crippen molar-refractivity contribution in [2.45, 2.75) is 19.0 Å². The molecule has 0 N–H and O–H groups in total. The van der Waals surface area contributed by atoms with Crippen molar-refractivity contribution in [1.82, 2.24) is 0 Å². The van der Waals surface area contributed by atoms with E-state index in [4.69, 9.17) is 0 Å². The molecule has 0 fully saturated rings. The predicted octanol–water partition coefficient (Wildman–Crippen LogP) is 0.278. The summed E-state index contributed by atoms with van der Waals surface area (Å²) in [5.41, 5.74) is 0. The molecule has 2 heterocycles. The number of sulfone groups is 1. The summed E-state index contributed by atoms with van der Waals surface area (Å²) in [4.78, 5) is 12.0. The van der Waals surface area contributed by atoms with Crippen LogP contribution in [-0.2, 0) is 9.84 Å². The molecule has 0 aromatic heterocycles. The molecule has 0 spiro atoms. The molecule has 0 saturated carbocycles. The fourth-order valence-electron chi connectivity index (χ4n) is 1.49. The van der Waals surface area contributed by atoms with Crippen LogP contribution in [-0.4, -0.2) is 38.4 Å². The van der Waals surface area contributed by atoms with Crippen LogP contribution >= 0.6 is 0 Å². The SMILES string of the molecule is CS(=O)(=O)C1=NC2N=CCCC2C=N1. The van der Waals surface area contributed by atoms with E-state index in [1.165, 1.54) is 0 Å². The number of nitrogens with zero attached hydrogens (tertiary/aromatic N) is 3. The highest BCUT2D eigenvalue weighted by Crippen LogP contribution is 2.21. The van der Waals surface area contributed by atoms with E-state index in [1.54, 1.807) is 12.4 Å². The highest BCUT2D eigenvalue weighted by atomic mass is 32.2. The average molecular weight is 213 g/mol. The highest BCUT2D eigenvalue weighted by Gasteiger charge is 2.27. The maximum atomic E-state index is 11.2. The van der Waals surface area contributed by atoms with Gasteiger partial charge in [-0.3, -0.25) is 4.99 Å². The van der Waals surface area contributed by atoms with E-state index in [0.29, 0.717) is 0 Å². The molecule has 5 nitrogen and oxygen atoms in total. The summed E-state index contributed by atoms with van der Waals surface area (Å²) in [6.45, 7) is 0. The van der Waals surface area contributed by atoms with Crippen LogP contribution in [0.5, 0.6) is 0 Å². The van der Waals surface area contributed by atoms with E-state index in [-0.39, 0.29) is 17.3 Å². The first-order valence-electron chi connectivity index (χ1n) is 4.41. The number of amidine groups is 1. The Kier molecular flexibility index (Phi) is 2.22. The van der Waals surface area contributed by atoms with E-state index in [9.17, 15) is 8.42 Å². The zero-order valence-electron chi connectivity index (χ0n) is 7.79. The third-order valence-corrected chi connectivity index (χ3v) is 3.10. The van der Waals surface area contributed by atoms with Crippen molar-refractivity contribution in [1.29, 1.82) is 0 Å². The van der Waals surface area contributed by atoms with Gasteiger partial charge in [-0.05, 0) is 12.8 Å². The summed E-state index contributed by atoms with van der Waals surface area (Å²) in [5.74, 6) is 0.172. The zero-order chi connectivity index (χ0) is 10.2. The topological polar surface area (TPSA) is 71.2 Å². The van der Waals surface area contributed by atoms with E-state index in [2.05, 4.69) is 15.0 Å². The quantitative estimate of drug-likeness (QED) is 0.579. The normalized spacial score (nSPS) is 31.1. The standard InChI is InChI=1S/C8H11N3O2S/c1-14(12,13)8-10-5-6-3-2-4-9-7(6)11-8/h4-7H,2-3H2,1H3. The first-order valence-corrected chi connectivity index (χ1v) is 6.30. The van der Waals surface area contributed by atoms with Crippen LogP contribution in [0.3, 0.4) is 0 Å². The Hall–Kier alpha value is -1.04. The predicted molar refractivity (Wildman–Crippen MR) is 55.8 cm³/mol. The molecule has 0 aromatic carbocycles. The van der Waals surface area contributed by atoms with Crippen molar-refractivity contribution >= 4 is 27.4 Å². The van der Waals surface area contributed by atoms with Gasteiger partial charge in [0.2, 0.25) is 15.0 Å². The first-order chi connectivity index (χ1) is 6.57. The number of hydrogen-bond acceptors (Lipinski definition) is 5. The fraction of sp³-hybridized carbons (Fsp3) is 0.625. The Morgan fingerprint density at radius 1 is 1.50 bits per heavy atom. The molecule has 2 aliphatic rings. The number of aliphatic imine (C=N–C) groups is 3. The van der Waals surface area contributed by atoms with Crippen LogP contribution in [0, 0.1) is 5.92 Å². The monoisotopic (exact) mass is 213 g/mol. The molecule has 2 unspecified atom stereocenters. The molecule has 14 heavy (non-hydrogen) atoms. The molecule has 2 rings (SSSR count). The molecule has 0 aromatic rings. The maximum absolute atomic E-state index is 11.2. The van der Waals surface area contributed by atoms with Crippen molar-refractivity contribution < 1.29 is 8.42 Å². The van der Waals surface area contributed by atoms with Gasteiger partial charge in [0.25, 0.3) is 0 Å². The van der Waals surface area contributed by atoms with Crippen LogP contribution in [0.4, 0.5) is 0 Å². The largest absolute Gasteiger partial charge is 0.270 e. The zero-order valence-corrected chi connectivity index (χ0v) is 8.61. The third-order valence-electron chi connectivity index (χ3n) is 2.22. The van der Waals surface area contributed by atoms with E-state index in [1.807, 2.05) is 0 Å². The minimum Gasteiger partial charge on any atom is -0.270 e. The summed E-state index contributed by atoms with van der Waals surface area (Å²) in [5, 5.41) is -0.0993. The van der Waals surface area contributed by atoms with Crippen molar-refractivity contribution in [2.75, 3.05) is 6.26 Å². The van der Waals surface area contributed by atoms with Gasteiger partial charge in [-0.15, -0.1) is 0 Å². The number of fused-ring (bicyclic) bond motifs is 1. The molecular formula is C8H11N3O2S. The minimum absolute atomic E-state index is 0.0993. The van der Waals surface area contributed by atoms with Gasteiger partial charge >= 0.3 is 0 Å². The smallest absolute Gasteiger partial charge is 0.244 e. The Labute approximate surface area is 82.6 Å². The second kappa shape index (κ2) is 3.27. The molecule has 0 radical (unpaired) electrons. The molecule has 0 aliphatic carbocycles. The van der Waals surface area contributed by atoms with Crippen LogP contribution in [0.15, 0.2) is 15.0 Å². The molecule has 6 heteroatoms. The summed E-state index contributed by atoms with van der Waals surface area (Å²) in [6.07, 6.45) is 6.14. The van der Waals surface area contributed by atoms with E-state index in [0.717, 1.165) is 19.1 Å². The van der Waals surface area contributed by atoms with Crippen molar-refractivity contribution in [3.05, 3.63) is 0 Å². The Morgan fingerprint density at radius 3 is 3.00 bits per heavy atom. The number of rotatable bonds is 0. The number of hydrogen-bond donors (Lipinski definition) is 0. The van der Waals surface area contributed by atoms with E-state index < -0.39 is 9.84 Å². The molecule has 0 amide bonds. The van der Waals surface area contributed by atoms with Gasteiger partial charge in [0, 0.05) is 24.6 Å². The van der Waals surface area contributed by atoms with Crippen molar-refractivity contribution in [3.8, 4) is 0 Å². The van der Waals surface area contributed by atoms with E-state index >= 15 is 0 Å². The van der Waals surface area contributed by atoms with Crippen molar-refractivity contribution in [2.24, 2.45) is 20.9 Å². The molecule has 0 bridgehead atoms. The fourth-order valence-corrected chi connectivity index (χ4v) is 2.04. The Morgan fingerprint density at radius 2 is 2.29 bits per heavy atom. The summed E-state index contributed by atoms with van der Waals surface area (Å²) in [6, 6.07) is 0. The van der Waals surface area contributed by atoms with Gasteiger partial charge in [-0.25, -0.2) is 18.4 Å². The van der Waals surface area contributed by atoms with Gasteiger partial charge in [0.05, 0.1) is 0 Å². The van der Waals surface area contributed by atoms with Crippen LogP contribution in [0.2, 0.25) is 0 Å². The maximum Gasteiger partial charge on any atom is 0.244 e.